The molecule has 3 aromatic carbocycles. The minimum atomic E-state index is -0.322. The van der Waals surface area contributed by atoms with Gasteiger partial charge in [-0.2, -0.15) is 9.35 Å². The molecule has 2 heterocycles. The van der Waals surface area contributed by atoms with Crippen molar-refractivity contribution >= 4 is 21.8 Å². The normalized spacial score (nSPS) is 11.2. The maximum absolute atomic E-state index is 13.5. The Kier molecular flexibility index (Phi) is 3.84. The number of hydrogen-bond donors (Lipinski definition) is 0. The Balaban J connectivity index is 1.98. The second-order valence-corrected chi connectivity index (χ2v) is 6.73. The van der Waals surface area contributed by atoms with Crippen molar-refractivity contribution in [2.75, 3.05) is 0 Å². The van der Waals surface area contributed by atoms with Crippen LogP contribution in [-0.4, -0.2) is 19.3 Å². The molecule has 0 saturated heterocycles. The lowest BCUT2D eigenvalue weighted by Gasteiger charge is -2.17. The van der Waals surface area contributed by atoms with E-state index in [1.165, 1.54) is 9.35 Å². The lowest BCUT2D eigenvalue weighted by molar-refractivity contribution is 0.580. The lowest BCUT2D eigenvalue weighted by Crippen LogP contribution is -2.38. The molecule has 0 unspecified atom stereocenters. The fraction of sp³-hybridized carbons (Fsp3) is 0.0435. The van der Waals surface area contributed by atoms with E-state index in [4.69, 9.17) is 4.98 Å². The zero-order chi connectivity index (χ0) is 20.0. The molecule has 140 valence electrons. The third-order valence-corrected chi connectivity index (χ3v) is 4.90. The molecule has 5 aromatic rings. The molecular weight excluding hydrogens is 364 g/mol. The number of benzene rings is 3. The van der Waals surface area contributed by atoms with Crippen LogP contribution in [0.1, 0.15) is 5.82 Å². The highest BCUT2D eigenvalue weighted by Crippen LogP contribution is 2.19. The van der Waals surface area contributed by atoms with Crippen LogP contribution in [0.5, 0.6) is 0 Å². The minimum absolute atomic E-state index is 0.315. The van der Waals surface area contributed by atoms with Gasteiger partial charge < -0.3 is 0 Å². The standard InChI is InChI=1S/C23H16N4O2/c1-15-24-19-13-7-5-11-17(19)22(28)26(15)27-21(16-9-3-2-4-10-16)25-20-14-8-6-12-18(20)23(27)29/h2-14H,1H3. The van der Waals surface area contributed by atoms with Crippen molar-refractivity contribution in [3.63, 3.8) is 0 Å². The molecule has 0 bridgehead atoms. The average Bonchev–Trinajstić information content (AvgIpc) is 2.76. The Morgan fingerprint density at radius 3 is 1.79 bits per heavy atom. The van der Waals surface area contributed by atoms with E-state index in [-0.39, 0.29) is 11.1 Å². The van der Waals surface area contributed by atoms with E-state index in [9.17, 15) is 9.59 Å². The summed E-state index contributed by atoms with van der Waals surface area (Å²) in [6.07, 6.45) is 0. The van der Waals surface area contributed by atoms with Crippen molar-refractivity contribution in [1.29, 1.82) is 0 Å². The molecule has 5 rings (SSSR count). The van der Waals surface area contributed by atoms with Gasteiger partial charge in [-0.25, -0.2) is 9.97 Å². The molecule has 0 aliphatic heterocycles. The van der Waals surface area contributed by atoms with E-state index in [0.717, 1.165) is 5.56 Å². The number of rotatable bonds is 2. The van der Waals surface area contributed by atoms with Crippen LogP contribution in [-0.2, 0) is 0 Å². The topological polar surface area (TPSA) is 69.8 Å². The molecule has 29 heavy (non-hydrogen) atoms. The molecule has 0 aliphatic carbocycles. The first kappa shape index (κ1) is 17.1. The van der Waals surface area contributed by atoms with Crippen LogP contribution in [0.3, 0.4) is 0 Å². The van der Waals surface area contributed by atoms with Crippen molar-refractivity contribution in [3.8, 4) is 11.4 Å². The van der Waals surface area contributed by atoms with Crippen molar-refractivity contribution in [2.24, 2.45) is 0 Å². The van der Waals surface area contributed by atoms with E-state index in [2.05, 4.69) is 4.98 Å². The van der Waals surface area contributed by atoms with Crippen molar-refractivity contribution < 1.29 is 0 Å². The molecule has 0 atom stereocenters. The van der Waals surface area contributed by atoms with Crippen molar-refractivity contribution in [2.45, 2.75) is 6.92 Å². The van der Waals surface area contributed by atoms with Gasteiger partial charge in [0.05, 0.1) is 21.8 Å². The monoisotopic (exact) mass is 380 g/mol. The van der Waals surface area contributed by atoms with Gasteiger partial charge in [0, 0.05) is 5.56 Å². The molecule has 6 nitrogen and oxygen atoms in total. The van der Waals surface area contributed by atoms with Gasteiger partial charge in [0.15, 0.2) is 5.82 Å². The van der Waals surface area contributed by atoms with Crippen LogP contribution in [0.4, 0.5) is 0 Å². The van der Waals surface area contributed by atoms with Gasteiger partial charge in [0.1, 0.15) is 5.82 Å². The number of aryl methyl sites for hydroxylation is 1. The third kappa shape index (κ3) is 2.65. The maximum atomic E-state index is 13.5. The Morgan fingerprint density at radius 2 is 1.14 bits per heavy atom. The third-order valence-electron chi connectivity index (χ3n) is 4.90. The first-order valence-electron chi connectivity index (χ1n) is 9.21. The van der Waals surface area contributed by atoms with E-state index in [1.54, 1.807) is 43.3 Å². The number of aromatic nitrogens is 4. The lowest BCUT2D eigenvalue weighted by atomic mass is 10.2. The molecule has 0 aliphatic rings. The predicted molar refractivity (Wildman–Crippen MR) is 113 cm³/mol. The highest BCUT2D eigenvalue weighted by Gasteiger charge is 2.18. The molecule has 6 heteroatoms. The predicted octanol–water partition coefficient (Wildman–Crippen LogP) is 3.39. The quantitative estimate of drug-likeness (QED) is 0.471. The summed E-state index contributed by atoms with van der Waals surface area (Å²) >= 11 is 0. The summed E-state index contributed by atoms with van der Waals surface area (Å²) in [5.41, 5.74) is 1.26. The summed E-state index contributed by atoms with van der Waals surface area (Å²) in [5, 5.41) is 0.879. The number of para-hydroxylation sites is 2. The number of nitrogens with zero attached hydrogens (tertiary/aromatic N) is 4. The van der Waals surface area contributed by atoms with Crippen LogP contribution in [0.2, 0.25) is 0 Å². The molecule has 0 spiro atoms. The average molecular weight is 380 g/mol. The molecule has 0 amide bonds. The summed E-state index contributed by atoms with van der Waals surface area (Å²) in [5.74, 6) is 0.793. The highest BCUT2D eigenvalue weighted by molar-refractivity contribution is 5.80. The first-order valence-corrected chi connectivity index (χ1v) is 9.21. The highest BCUT2D eigenvalue weighted by atomic mass is 16.2. The Hall–Kier alpha value is -4.06. The molecule has 0 N–H and O–H groups in total. The van der Waals surface area contributed by atoms with Crippen molar-refractivity contribution in [3.05, 3.63) is 105 Å². The zero-order valence-electron chi connectivity index (χ0n) is 15.6. The molecular formula is C23H16N4O2. The number of hydrogen-bond acceptors (Lipinski definition) is 4. The molecule has 0 fully saturated rings. The van der Waals surface area contributed by atoms with Gasteiger partial charge in [0.25, 0.3) is 11.1 Å². The van der Waals surface area contributed by atoms with Gasteiger partial charge in [-0.1, -0.05) is 54.6 Å². The van der Waals surface area contributed by atoms with Crippen LogP contribution in [0.25, 0.3) is 33.2 Å². The SMILES string of the molecule is Cc1nc2ccccc2c(=O)n1-n1c(-c2ccccc2)nc2ccccc2c1=O. The van der Waals surface area contributed by atoms with Crippen LogP contribution in [0.15, 0.2) is 88.5 Å². The fourth-order valence-corrected chi connectivity index (χ4v) is 3.55. The molecule has 2 aromatic heterocycles. The summed E-state index contributed by atoms with van der Waals surface area (Å²) in [7, 11) is 0. The van der Waals surface area contributed by atoms with E-state index >= 15 is 0 Å². The zero-order valence-corrected chi connectivity index (χ0v) is 15.6. The maximum Gasteiger partial charge on any atom is 0.281 e. The van der Waals surface area contributed by atoms with Crippen LogP contribution in [0, 0.1) is 6.92 Å². The fourth-order valence-electron chi connectivity index (χ4n) is 3.55. The van der Waals surface area contributed by atoms with Gasteiger partial charge >= 0.3 is 0 Å². The Labute approximate surface area is 165 Å². The Morgan fingerprint density at radius 1 is 0.621 bits per heavy atom. The van der Waals surface area contributed by atoms with Crippen molar-refractivity contribution in [1.82, 2.24) is 19.3 Å². The van der Waals surface area contributed by atoms with E-state index in [1.807, 2.05) is 42.5 Å². The summed E-state index contributed by atoms with van der Waals surface area (Å²) in [6.45, 7) is 1.71. The van der Waals surface area contributed by atoms with Gasteiger partial charge in [-0.3, -0.25) is 9.59 Å². The largest absolute Gasteiger partial charge is 0.281 e. The smallest absolute Gasteiger partial charge is 0.267 e. The first-order chi connectivity index (χ1) is 14.1. The van der Waals surface area contributed by atoms with Crippen LogP contribution >= 0.6 is 0 Å². The summed E-state index contributed by atoms with van der Waals surface area (Å²) < 4.78 is 2.64. The Bertz CT molecular complexity index is 1500. The summed E-state index contributed by atoms with van der Waals surface area (Å²) in [6, 6.07) is 23.6. The second-order valence-electron chi connectivity index (χ2n) is 6.73. The summed E-state index contributed by atoms with van der Waals surface area (Å²) in [4.78, 5) is 36.1. The van der Waals surface area contributed by atoms with Gasteiger partial charge in [0.2, 0.25) is 0 Å². The van der Waals surface area contributed by atoms with Crippen LogP contribution < -0.4 is 11.1 Å². The second kappa shape index (κ2) is 6.53. The van der Waals surface area contributed by atoms with E-state index in [0.29, 0.717) is 33.5 Å². The molecule has 0 saturated carbocycles. The minimum Gasteiger partial charge on any atom is -0.267 e. The van der Waals surface area contributed by atoms with Gasteiger partial charge in [-0.15, -0.1) is 0 Å². The van der Waals surface area contributed by atoms with Gasteiger partial charge in [-0.05, 0) is 31.2 Å². The molecule has 0 radical (unpaired) electrons. The van der Waals surface area contributed by atoms with E-state index < -0.39 is 0 Å². The number of fused-ring (bicyclic) bond motifs is 2.